The summed E-state index contributed by atoms with van der Waals surface area (Å²) in [6, 6.07) is 5.84. The maximum absolute atomic E-state index is 12.5. The van der Waals surface area contributed by atoms with Crippen LogP contribution in [0.1, 0.15) is 23.5 Å². The van der Waals surface area contributed by atoms with Gasteiger partial charge in [-0.25, -0.2) is 4.98 Å². The van der Waals surface area contributed by atoms with Gasteiger partial charge in [0, 0.05) is 30.2 Å². The van der Waals surface area contributed by atoms with E-state index in [1.807, 2.05) is 0 Å². The Morgan fingerprint density at radius 2 is 2.08 bits per heavy atom. The lowest BCUT2D eigenvalue weighted by Gasteiger charge is -2.24. The number of non-ortho nitro benzene ring substituents is 1. The van der Waals surface area contributed by atoms with E-state index in [0.29, 0.717) is 22.0 Å². The van der Waals surface area contributed by atoms with Gasteiger partial charge in [0.1, 0.15) is 5.82 Å². The van der Waals surface area contributed by atoms with Gasteiger partial charge in [-0.3, -0.25) is 19.7 Å². The topological polar surface area (TPSA) is 118 Å². The molecule has 2 aromatic rings. The van der Waals surface area contributed by atoms with Crippen LogP contribution >= 0.6 is 11.8 Å². The number of benzene rings is 1. The molecule has 0 unspecified atom stereocenters. The molecule has 2 heterocycles. The van der Waals surface area contributed by atoms with Crippen molar-refractivity contribution in [1.82, 2.24) is 9.97 Å². The molecule has 8 nitrogen and oxygen atoms in total. The molecule has 0 radical (unpaired) electrons. The first-order valence-electron chi connectivity index (χ1n) is 7.41. The van der Waals surface area contributed by atoms with Crippen molar-refractivity contribution in [1.29, 1.82) is 0 Å². The number of hydrogen-bond donors (Lipinski definition) is 2. The summed E-state index contributed by atoms with van der Waals surface area (Å²) in [5.74, 6) is 0.0457. The standard InChI is InChI=1S/C16H14N4O4S/c1-2-7-25-16-18-14-13(15(22)19-16)11(8-12(21)17-14)9-3-5-10(6-4-9)20(23)24/h2-6,11H,1,7-8H2,(H2,17,18,19,21,22)/t11-/m0/s1. The number of aromatic nitrogens is 2. The molecular formula is C16H14N4O4S. The molecule has 0 saturated carbocycles. The van der Waals surface area contributed by atoms with Crippen LogP contribution in [0.4, 0.5) is 11.5 Å². The number of fused-ring (bicyclic) bond motifs is 1. The van der Waals surface area contributed by atoms with Crippen molar-refractivity contribution < 1.29 is 9.72 Å². The van der Waals surface area contributed by atoms with Crippen molar-refractivity contribution in [3.8, 4) is 0 Å². The molecule has 1 aliphatic rings. The van der Waals surface area contributed by atoms with E-state index in [2.05, 4.69) is 21.9 Å². The number of hydrogen-bond acceptors (Lipinski definition) is 6. The van der Waals surface area contributed by atoms with Crippen molar-refractivity contribution in [2.24, 2.45) is 0 Å². The summed E-state index contributed by atoms with van der Waals surface area (Å²) in [6.45, 7) is 3.61. The average Bonchev–Trinajstić information content (AvgIpc) is 2.59. The van der Waals surface area contributed by atoms with Crippen molar-refractivity contribution in [2.75, 3.05) is 11.1 Å². The largest absolute Gasteiger partial charge is 0.310 e. The molecular weight excluding hydrogens is 344 g/mol. The van der Waals surface area contributed by atoms with E-state index in [4.69, 9.17) is 0 Å². The number of carbonyl (C=O) groups is 1. The average molecular weight is 358 g/mol. The predicted octanol–water partition coefficient (Wildman–Crippen LogP) is 2.43. The first kappa shape index (κ1) is 16.9. The molecule has 0 bridgehead atoms. The number of thioether (sulfide) groups is 1. The lowest BCUT2D eigenvalue weighted by Crippen LogP contribution is -2.31. The highest BCUT2D eigenvalue weighted by Crippen LogP contribution is 2.34. The summed E-state index contributed by atoms with van der Waals surface area (Å²) in [7, 11) is 0. The number of nitro benzene ring substituents is 1. The lowest BCUT2D eigenvalue weighted by atomic mass is 9.87. The molecule has 0 saturated heterocycles. The van der Waals surface area contributed by atoms with E-state index in [1.165, 1.54) is 23.9 Å². The Hall–Kier alpha value is -2.94. The zero-order valence-corrected chi connectivity index (χ0v) is 13.8. The van der Waals surface area contributed by atoms with Gasteiger partial charge in [-0.2, -0.15) is 0 Å². The van der Waals surface area contributed by atoms with Crippen LogP contribution in [0.25, 0.3) is 0 Å². The van der Waals surface area contributed by atoms with E-state index >= 15 is 0 Å². The molecule has 0 aliphatic carbocycles. The van der Waals surface area contributed by atoms with Crippen LogP contribution < -0.4 is 10.9 Å². The molecule has 1 atom stereocenters. The molecule has 9 heteroatoms. The third-order valence-electron chi connectivity index (χ3n) is 3.77. The monoisotopic (exact) mass is 358 g/mol. The maximum Gasteiger partial charge on any atom is 0.269 e. The minimum absolute atomic E-state index is 0.0487. The van der Waals surface area contributed by atoms with Gasteiger partial charge in [-0.15, -0.1) is 6.58 Å². The van der Waals surface area contributed by atoms with Crippen LogP contribution in [0.3, 0.4) is 0 Å². The molecule has 3 rings (SSSR count). The van der Waals surface area contributed by atoms with Crippen molar-refractivity contribution >= 4 is 29.2 Å². The van der Waals surface area contributed by atoms with E-state index in [9.17, 15) is 19.7 Å². The van der Waals surface area contributed by atoms with Crippen LogP contribution in [0, 0.1) is 10.1 Å². The first-order chi connectivity index (χ1) is 12.0. The smallest absolute Gasteiger partial charge is 0.269 e. The van der Waals surface area contributed by atoms with Crippen LogP contribution in [0.15, 0.2) is 46.9 Å². The van der Waals surface area contributed by atoms with Gasteiger partial charge >= 0.3 is 0 Å². The SMILES string of the molecule is C=CCSc1nc2c(c(=O)[nH]1)[C@H](c1ccc([N+](=O)[O-])cc1)CC(=O)N2. The van der Waals surface area contributed by atoms with E-state index in [-0.39, 0.29) is 29.4 Å². The normalized spacial score (nSPS) is 16.0. The molecule has 1 aromatic heterocycles. The Morgan fingerprint density at radius 3 is 2.72 bits per heavy atom. The molecule has 128 valence electrons. The number of amides is 1. The zero-order valence-electron chi connectivity index (χ0n) is 13.0. The number of nitrogens with one attached hydrogen (secondary N) is 2. The summed E-state index contributed by atoms with van der Waals surface area (Å²) in [4.78, 5) is 41.8. The van der Waals surface area contributed by atoms with Crippen LogP contribution in [0.2, 0.25) is 0 Å². The number of rotatable bonds is 5. The summed E-state index contributed by atoms with van der Waals surface area (Å²) in [5, 5.41) is 13.8. The fraction of sp³-hybridized carbons (Fsp3) is 0.188. The Bertz CT molecular complexity index is 907. The Balaban J connectivity index is 2.03. The second-order valence-electron chi connectivity index (χ2n) is 5.39. The number of anilines is 1. The zero-order chi connectivity index (χ0) is 18.0. The van der Waals surface area contributed by atoms with E-state index in [1.54, 1.807) is 18.2 Å². The van der Waals surface area contributed by atoms with Crippen molar-refractivity contribution in [2.45, 2.75) is 17.5 Å². The fourth-order valence-electron chi connectivity index (χ4n) is 2.67. The second-order valence-corrected chi connectivity index (χ2v) is 6.40. The van der Waals surface area contributed by atoms with Gasteiger partial charge in [0.05, 0.1) is 10.5 Å². The third kappa shape index (κ3) is 3.45. The highest BCUT2D eigenvalue weighted by Gasteiger charge is 2.31. The number of H-pyrrole nitrogens is 1. The summed E-state index contributed by atoms with van der Waals surface area (Å²) >= 11 is 1.30. The van der Waals surface area contributed by atoms with Crippen LogP contribution in [-0.4, -0.2) is 26.6 Å². The number of carbonyl (C=O) groups excluding carboxylic acids is 1. The Kier molecular flexibility index (Phi) is 4.66. The Morgan fingerprint density at radius 1 is 1.36 bits per heavy atom. The van der Waals surface area contributed by atoms with Gasteiger partial charge in [-0.1, -0.05) is 30.0 Å². The van der Waals surface area contributed by atoms with Gasteiger partial charge < -0.3 is 10.3 Å². The molecule has 1 amide bonds. The molecule has 25 heavy (non-hydrogen) atoms. The highest BCUT2D eigenvalue weighted by atomic mass is 32.2. The van der Waals surface area contributed by atoms with Gasteiger partial charge in [0.15, 0.2) is 5.16 Å². The molecule has 0 spiro atoms. The lowest BCUT2D eigenvalue weighted by molar-refractivity contribution is -0.384. The van der Waals surface area contributed by atoms with E-state index < -0.39 is 10.8 Å². The van der Waals surface area contributed by atoms with Crippen LogP contribution in [0.5, 0.6) is 0 Å². The first-order valence-corrected chi connectivity index (χ1v) is 8.40. The fourth-order valence-corrected chi connectivity index (χ4v) is 3.27. The highest BCUT2D eigenvalue weighted by molar-refractivity contribution is 7.99. The molecule has 0 fully saturated rings. The summed E-state index contributed by atoms with van der Waals surface area (Å²) < 4.78 is 0. The van der Waals surface area contributed by atoms with Crippen LogP contribution in [-0.2, 0) is 4.79 Å². The second kappa shape index (κ2) is 6.89. The Labute approximate surface area is 146 Å². The van der Waals surface area contributed by atoms with Crippen molar-refractivity contribution in [3.63, 3.8) is 0 Å². The molecule has 2 N–H and O–H groups in total. The number of aromatic amines is 1. The minimum Gasteiger partial charge on any atom is -0.310 e. The molecule has 1 aromatic carbocycles. The minimum atomic E-state index is -0.501. The summed E-state index contributed by atoms with van der Waals surface area (Å²) in [6.07, 6.45) is 1.76. The van der Waals surface area contributed by atoms with Gasteiger partial charge in [0.25, 0.3) is 11.2 Å². The van der Waals surface area contributed by atoms with Gasteiger partial charge in [0.2, 0.25) is 5.91 Å². The van der Waals surface area contributed by atoms with Crippen molar-refractivity contribution in [3.05, 3.63) is 68.5 Å². The molecule has 1 aliphatic heterocycles. The van der Waals surface area contributed by atoms with E-state index in [0.717, 1.165) is 0 Å². The van der Waals surface area contributed by atoms with Gasteiger partial charge in [-0.05, 0) is 5.56 Å². The predicted molar refractivity (Wildman–Crippen MR) is 94.0 cm³/mol. The quantitative estimate of drug-likeness (QED) is 0.279. The maximum atomic E-state index is 12.5. The number of nitrogens with zero attached hydrogens (tertiary/aromatic N) is 2. The number of nitro groups is 1. The summed E-state index contributed by atoms with van der Waals surface area (Å²) in [5.41, 5.74) is 0.629. The third-order valence-corrected chi connectivity index (χ3v) is 4.64.